The number of aliphatic hydroxyl groups excluding tert-OH is 1. The van der Waals surface area contributed by atoms with Crippen LogP contribution in [0.25, 0.3) is 0 Å². The second-order valence-electron chi connectivity index (χ2n) is 6.89. The Hall–Kier alpha value is -2.16. The molecule has 1 aliphatic heterocycles. The van der Waals surface area contributed by atoms with E-state index in [1.807, 2.05) is 0 Å². The Bertz CT molecular complexity index is 886. The Kier molecular flexibility index (Phi) is 7.10. The molecule has 7 nitrogen and oxygen atoms in total. The molecule has 29 heavy (non-hydrogen) atoms. The lowest BCUT2D eigenvalue weighted by atomic mass is 10.1. The molecule has 0 bridgehead atoms. The molecule has 2 atom stereocenters. The number of nitrogens with one attached hydrogen (secondary N) is 2. The third-order valence-electron chi connectivity index (χ3n) is 4.67. The van der Waals surface area contributed by atoms with Gasteiger partial charge in [-0.05, 0) is 36.6 Å². The highest BCUT2D eigenvalue weighted by Crippen LogP contribution is 2.26. The van der Waals surface area contributed by atoms with Crippen LogP contribution >= 0.6 is 23.2 Å². The van der Waals surface area contributed by atoms with E-state index in [0.717, 1.165) is 5.56 Å². The summed E-state index contributed by atoms with van der Waals surface area (Å²) in [4.78, 5) is 23.0. The molecule has 1 unspecified atom stereocenters. The first kappa shape index (κ1) is 21.5. The summed E-state index contributed by atoms with van der Waals surface area (Å²) in [5.41, 5.74) is 2.32. The Balaban J connectivity index is 1.69. The normalized spacial score (nSPS) is 15.4. The minimum Gasteiger partial charge on any atom is -0.394 e. The van der Waals surface area contributed by atoms with Crippen LogP contribution in [-0.2, 0) is 13.0 Å². The minimum atomic E-state index is -0.619. The number of fused-ring (bicyclic) bond motifs is 1. The van der Waals surface area contributed by atoms with Crippen LogP contribution in [0.3, 0.4) is 0 Å². The fourth-order valence-corrected chi connectivity index (χ4v) is 3.32. The number of urea groups is 1. The van der Waals surface area contributed by atoms with Crippen LogP contribution in [0.4, 0.5) is 15.1 Å². The molecule has 3 N–H and O–H groups in total. The number of halogens is 3. The lowest BCUT2D eigenvalue weighted by Crippen LogP contribution is -2.45. The first-order chi connectivity index (χ1) is 13.9. The predicted octanol–water partition coefficient (Wildman–Crippen LogP) is 3.35. The van der Waals surface area contributed by atoms with Gasteiger partial charge in [-0.25, -0.2) is 19.2 Å². The third kappa shape index (κ3) is 5.26. The van der Waals surface area contributed by atoms with Crippen molar-refractivity contribution in [3.05, 3.63) is 51.3 Å². The minimum absolute atomic E-state index is 0.286. The van der Waals surface area contributed by atoms with E-state index < -0.39 is 18.8 Å². The molecule has 0 fully saturated rings. The van der Waals surface area contributed by atoms with Crippen LogP contribution in [0.5, 0.6) is 0 Å². The highest BCUT2D eigenvalue weighted by atomic mass is 35.5. The van der Waals surface area contributed by atoms with Crippen molar-refractivity contribution in [2.75, 3.05) is 25.1 Å². The number of carbonyl (C=O) groups excluding carboxylic acids is 1. The molecule has 0 saturated carbocycles. The highest BCUT2D eigenvalue weighted by Gasteiger charge is 2.25. The highest BCUT2D eigenvalue weighted by molar-refractivity contribution is 6.42. The Morgan fingerprint density at radius 2 is 2.17 bits per heavy atom. The number of rotatable bonds is 6. The van der Waals surface area contributed by atoms with Gasteiger partial charge in [0.2, 0.25) is 5.95 Å². The Morgan fingerprint density at radius 3 is 2.86 bits per heavy atom. The van der Waals surface area contributed by atoms with Gasteiger partial charge in [-0.15, -0.1) is 0 Å². The van der Waals surface area contributed by atoms with Crippen LogP contribution < -0.4 is 10.6 Å². The first-order valence-electron chi connectivity index (χ1n) is 9.19. The van der Waals surface area contributed by atoms with E-state index >= 15 is 0 Å². The SMILES string of the molecule is C[C@@H](CF)Nc1ncc2c(n1)CN(C(=O)NC(CO)c1ccc(Cl)c(Cl)c1)CC2. The number of carbonyl (C=O) groups is 1. The van der Waals surface area contributed by atoms with Gasteiger partial charge in [-0.2, -0.15) is 0 Å². The summed E-state index contributed by atoms with van der Waals surface area (Å²) in [6.07, 6.45) is 2.31. The van der Waals surface area contributed by atoms with E-state index in [0.29, 0.717) is 46.8 Å². The van der Waals surface area contributed by atoms with Crippen molar-refractivity contribution < 1.29 is 14.3 Å². The molecule has 1 aromatic carbocycles. The second kappa shape index (κ2) is 9.56. The quantitative estimate of drug-likeness (QED) is 0.639. The Morgan fingerprint density at radius 1 is 1.38 bits per heavy atom. The number of aromatic nitrogens is 2. The number of hydrogen-bond donors (Lipinski definition) is 3. The molecular formula is C19H22Cl2FN5O2. The molecule has 2 aromatic rings. The van der Waals surface area contributed by atoms with Crippen molar-refractivity contribution in [2.24, 2.45) is 0 Å². The van der Waals surface area contributed by atoms with E-state index in [1.165, 1.54) is 0 Å². The lowest BCUT2D eigenvalue weighted by molar-refractivity contribution is 0.176. The van der Waals surface area contributed by atoms with Gasteiger partial charge in [-0.3, -0.25) is 0 Å². The molecular weight excluding hydrogens is 420 g/mol. The number of nitrogens with zero attached hydrogens (tertiary/aromatic N) is 3. The molecule has 10 heteroatoms. The summed E-state index contributed by atoms with van der Waals surface area (Å²) in [6, 6.07) is 3.60. The van der Waals surface area contributed by atoms with E-state index in [1.54, 1.807) is 36.2 Å². The van der Waals surface area contributed by atoms with E-state index in [9.17, 15) is 14.3 Å². The molecule has 0 spiro atoms. The Labute approximate surface area is 178 Å². The van der Waals surface area contributed by atoms with Gasteiger partial charge in [-0.1, -0.05) is 29.3 Å². The summed E-state index contributed by atoms with van der Waals surface area (Å²) in [6.45, 7) is 1.66. The monoisotopic (exact) mass is 441 g/mol. The van der Waals surface area contributed by atoms with Crippen molar-refractivity contribution in [3.63, 3.8) is 0 Å². The van der Waals surface area contributed by atoms with Gasteiger partial charge in [0.1, 0.15) is 6.67 Å². The average molecular weight is 442 g/mol. The zero-order valence-electron chi connectivity index (χ0n) is 15.8. The molecule has 1 aromatic heterocycles. The van der Waals surface area contributed by atoms with Crippen LogP contribution in [0.2, 0.25) is 10.0 Å². The molecule has 0 aliphatic carbocycles. The number of aliphatic hydroxyl groups is 1. The maximum atomic E-state index is 12.7. The lowest BCUT2D eigenvalue weighted by Gasteiger charge is -2.30. The van der Waals surface area contributed by atoms with Crippen molar-refractivity contribution in [3.8, 4) is 0 Å². The van der Waals surface area contributed by atoms with Gasteiger partial charge in [0.25, 0.3) is 0 Å². The van der Waals surface area contributed by atoms with Crippen LogP contribution in [0, 0.1) is 0 Å². The number of benzene rings is 1. The number of amides is 2. The largest absolute Gasteiger partial charge is 0.394 e. The molecule has 3 rings (SSSR count). The molecule has 1 aliphatic rings. The zero-order chi connectivity index (χ0) is 21.0. The maximum absolute atomic E-state index is 12.7. The van der Waals surface area contributed by atoms with Crippen LogP contribution in [0.1, 0.15) is 29.8 Å². The van der Waals surface area contributed by atoms with E-state index in [2.05, 4.69) is 20.6 Å². The summed E-state index contributed by atoms with van der Waals surface area (Å²) in [5.74, 6) is 0.334. The molecule has 156 valence electrons. The summed E-state index contributed by atoms with van der Waals surface area (Å²) >= 11 is 12.0. The molecule has 0 radical (unpaired) electrons. The second-order valence-corrected chi connectivity index (χ2v) is 7.71. The first-order valence-corrected chi connectivity index (χ1v) is 9.95. The maximum Gasteiger partial charge on any atom is 0.318 e. The molecule has 2 amide bonds. The van der Waals surface area contributed by atoms with Gasteiger partial charge in [0, 0.05) is 12.7 Å². The van der Waals surface area contributed by atoms with E-state index in [4.69, 9.17) is 23.2 Å². The van der Waals surface area contributed by atoms with Gasteiger partial charge < -0.3 is 20.6 Å². The third-order valence-corrected chi connectivity index (χ3v) is 5.41. The summed E-state index contributed by atoms with van der Waals surface area (Å²) in [5, 5.41) is 16.2. The van der Waals surface area contributed by atoms with Gasteiger partial charge >= 0.3 is 6.03 Å². The smallest absolute Gasteiger partial charge is 0.318 e. The van der Waals surface area contributed by atoms with E-state index in [-0.39, 0.29) is 12.6 Å². The van der Waals surface area contributed by atoms with Crippen molar-refractivity contribution in [2.45, 2.75) is 32.0 Å². The molecule has 0 saturated heterocycles. The van der Waals surface area contributed by atoms with Crippen molar-refractivity contribution in [1.82, 2.24) is 20.2 Å². The number of anilines is 1. The van der Waals surface area contributed by atoms with Crippen LogP contribution in [0.15, 0.2) is 24.4 Å². The summed E-state index contributed by atoms with van der Waals surface area (Å²) < 4.78 is 12.7. The zero-order valence-corrected chi connectivity index (χ0v) is 17.3. The predicted molar refractivity (Wildman–Crippen MR) is 110 cm³/mol. The fraction of sp³-hybridized carbons (Fsp3) is 0.421. The topological polar surface area (TPSA) is 90.4 Å². The molecule has 2 heterocycles. The van der Waals surface area contributed by atoms with Gasteiger partial charge in [0.05, 0.1) is 41.0 Å². The standard InChI is InChI=1S/C19H22Cl2FN5O2/c1-11(7-22)24-18-23-8-13-4-5-27(9-16(13)25-18)19(29)26-17(10-28)12-2-3-14(20)15(21)6-12/h2-3,6,8,11,17,28H,4-5,7,9-10H2,1H3,(H,26,29)(H,23,24,25)/t11-,17?/m0/s1. The van der Waals surface area contributed by atoms with Gasteiger partial charge in [0.15, 0.2) is 0 Å². The fourth-order valence-electron chi connectivity index (χ4n) is 3.01. The van der Waals surface area contributed by atoms with Crippen molar-refractivity contribution >= 4 is 35.2 Å². The number of alkyl halides is 1. The van der Waals surface area contributed by atoms with Crippen molar-refractivity contribution in [1.29, 1.82) is 0 Å². The average Bonchev–Trinajstić information content (AvgIpc) is 2.73. The number of hydrogen-bond acceptors (Lipinski definition) is 5. The summed E-state index contributed by atoms with van der Waals surface area (Å²) in [7, 11) is 0. The van der Waals surface area contributed by atoms with Crippen LogP contribution in [-0.4, -0.2) is 51.9 Å².